The molecule has 0 aliphatic rings. The summed E-state index contributed by atoms with van der Waals surface area (Å²) in [5.74, 6) is 2.34. The standard InChI is InChI=1S/C9H12O2S/c1-10-8-3-4-9(11-2)7(5-8)6-12/h3-5,12H,6H2,1-2H3. The quantitative estimate of drug-likeness (QED) is 0.725. The summed E-state index contributed by atoms with van der Waals surface area (Å²) in [6.45, 7) is 0. The molecular formula is C9H12O2S. The summed E-state index contributed by atoms with van der Waals surface area (Å²) in [7, 11) is 3.29. The summed E-state index contributed by atoms with van der Waals surface area (Å²) >= 11 is 4.18. The van der Waals surface area contributed by atoms with Crippen LogP contribution in [-0.4, -0.2) is 14.2 Å². The van der Waals surface area contributed by atoms with Crippen molar-refractivity contribution in [2.75, 3.05) is 14.2 Å². The minimum Gasteiger partial charge on any atom is -0.497 e. The zero-order valence-corrected chi connectivity index (χ0v) is 8.10. The average molecular weight is 184 g/mol. The first-order chi connectivity index (χ1) is 5.81. The van der Waals surface area contributed by atoms with Crippen molar-refractivity contribution in [1.29, 1.82) is 0 Å². The maximum Gasteiger partial charge on any atom is 0.123 e. The van der Waals surface area contributed by atoms with Gasteiger partial charge >= 0.3 is 0 Å². The number of benzene rings is 1. The van der Waals surface area contributed by atoms with Crippen LogP contribution in [0.1, 0.15) is 5.56 Å². The van der Waals surface area contributed by atoms with E-state index < -0.39 is 0 Å². The predicted molar refractivity (Wildman–Crippen MR) is 52.2 cm³/mol. The van der Waals surface area contributed by atoms with Crippen LogP contribution in [0.15, 0.2) is 18.2 Å². The Bertz CT molecular complexity index is 261. The summed E-state index contributed by atoms with van der Waals surface area (Å²) < 4.78 is 10.2. The maximum atomic E-state index is 5.13. The molecule has 12 heavy (non-hydrogen) atoms. The van der Waals surface area contributed by atoms with Crippen LogP contribution in [0.2, 0.25) is 0 Å². The Hall–Kier alpha value is -0.830. The Morgan fingerprint density at radius 3 is 2.50 bits per heavy atom. The smallest absolute Gasteiger partial charge is 0.123 e. The first-order valence-electron chi connectivity index (χ1n) is 3.63. The molecule has 0 radical (unpaired) electrons. The monoisotopic (exact) mass is 184 g/mol. The van der Waals surface area contributed by atoms with Gasteiger partial charge < -0.3 is 9.47 Å². The van der Waals surface area contributed by atoms with E-state index in [4.69, 9.17) is 9.47 Å². The lowest BCUT2D eigenvalue weighted by molar-refractivity contribution is 0.400. The molecule has 2 nitrogen and oxygen atoms in total. The summed E-state index contributed by atoms with van der Waals surface area (Å²) in [5, 5.41) is 0. The molecule has 0 bridgehead atoms. The van der Waals surface area contributed by atoms with Crippen molar-refractivity contribution in [3.63, 3.8) is 0 Å². The van der Waals surface area contributed by atoms with E-state index in [9.17, 15) is 0 Å². The highest BCUT2D eigenvalue weighted by molar-refractivity contribution is 7.79. The summed E-state index contributed by atoms with van der Waals surface area (Å²) in [6.07, 6.45) is 0. The molecule has 1 aromatic rings. The molecule has 0 amide bonds. The van der Waals surface area contributed by atoms with E-state index >= 15 is 0 Å². The summed E-state index contributed by atoms with van der Waals surface area (Å²) in [6, 6.07) is 5.67. The van der Waals surface area contributed by atoms with Crippen molar-refractivity contribution in [1.82, 2.24) is 0 Å². The maximum absolute atomic E-state index is 5.13. The third-order valence-corrected chi connectivity index (χ3v) is 2.00. The molecule has 0 fully saturated rings. The van der Waals surface area contributed by atoms with Gasteiger partial charge in [-0.1, -0.05) is 0 Å². The van der Waals surface area contributed by atoms with Gasteiger partial charge in [0.2, 0.25) is 0 Å². The number of rotatable bonds is 3. The Balaban J connectivity index is 3.02. The van der Waals surface area contributed by atoms with Gasteiger partial charge in [-0.2, -0.15) is 12.6 Å². The van der Waals surface area contributed by atoms with Crippen LogP contribution < -0.4 is 9.47 Å². The summed E-state index contributed by atoms with van der Waals surface area (Å²) in [5.41, 5.74) is 1.04. The van der Waals surface area contributed by atoms with Crippen LogP contribution in [0.3, 0.4) is 0 Å². The zero-order chi connectivity index (χ0) is 8.97. The van der Waals surface area contributed by atoms with E-state index in [-0.39, 0.29) is 0 Å². The fourth-order valence-electron chi connectivity index (χ4n) is 1.01. The Morgan fingerprint density at radius 2 is 2.00 bits per heavy atom. The van der Waals surface area contributed by atoms with Crippen LogP contribution in [-0.2, 0) is 5.75 Å². The SMILES string of the molecule is COc1ccc(OC)c(CS)c1. The first-order valence-corrected chi connectivity index (χ1v) is 4.27. The first kappa shape index (κ1) is 9.26. The van der Waals surface area contributed by atoms with E-state index in [2.05, 4.69) is 12.6 Å². The number of methoxy groups -OCH3 is 2. The van der Waals surface area contributed by atoms with Crippen LogP contribution >= 0.6 is 12.6 Å². The molecule has 0 saturated carbocycles. The van der Waals surface area contributed by atoms with Crippen LogP contribution in [0.5, 0.6) is 11.5 Å². The van der Waals surface area contributed by atoms with Gasteiger partial charge in [-0.3, -0.25) is 0 Å². The second-order valence-electron chi connectivity index (χ2n) is 2.34. The summed E-state index contributed by atoms with van der Waals surface area (Å²) in [4.78, 5) is 0. The van der Waals surface area contributed by atoms with Crippen LogP contribution in [0.25, 0.3) is 0 Å². The average Bonchev–Trinajstić information content (AvgIpc) is 2.16. The van der Waals surface area contributed by atoms with Gasteiger partial charge in [-0.05, 0) is 18.2 Å². The molecule has 0 spiro atoms. The molecule has 66 valence electrons. The molecule has 0 saturated heterocycles. The van der Waals surface area contributed by atoms with Crippen molar-refractivity contribution < 1.29 is 9.47 Å². The minimum absolute atomic E-state index is 0.653. The minimum atomic E-state index is 0.653. The number of hydrogen-bond donors (Lipinski definition) is 1. The topological polar surface area (TPSA) is 18.5 Å². The van der Waals surface area contributed by atoms with Gasteiger partial charge in [0, 0.05) is 11.3 Å². The number of ether oxygens (including phenoxy) is 2. The predicted octanol–water partition coefficient (Wildman–Crippen LogP) is 2.13. The van der Waals surface area contributed by atoms with Crippen molar-refractivity contribution in [2.24, 2.45) is 0 Å². The van der Waals surface area contributed by atoms with E-state index in [1.165, 1.54) is 0 Å². The normalized spacial score (nSPS) is 9.58. The molecule has 1 aromatic carbocycles. The zero-order valence-electron chi connectivity index (χ0n) is 7.20. The van der Waals surface area contributed by atoms with Crippen LogP contribution in [0, 0.1) is 0 Å². The van der Waals surface area contributed by atoms with Gasteiger partial charge in [0.15, 0.2) is 0 Å². The lowest BCUT2D eigenvalue weighted by Gasteiger charge is -2.07. The molecule has 0 aliphatic heterocycles. The van der Waals surface area contributed by atoms with Gasteiger partial charge in [-0.15, -0.1) is 0 Å². The van der Waals surface area contributed by atoms with E-state index in [0.29, 0.717) is 5.75 Å². The lowest BCUT2D eigenvalue weighted by atomic mass is 10.2. The molecule has 3 heteroatoms. The van der Waals surface area contributed by atoms with Gasteiger partial charge in [0.1, 0.15) is 11.5 Å². The highest BCUT2D eigenvalue weighted by Gasteiger charge is 2.01. The van der Waals surface area contributed by atoms with E-state index in [0.717, 1.165) is 17.1 Å². The molecule has 0 aromatic heterocycles. The van der Waals surface area contributed by atoms with Crippen molar-refractivity contribution in [3.05, 3.63) is 23.8 Å². The Labute approximate surface area is 77.9 Å². The van der Waals surface area contributed by atoms with Gasteiger partial charge in [0.05, 0.1) is 14.2 Å². The molecule has 1 rings (SSSR count). The molecule has 0 heterocycles. The van der Waals surface area contributed by atoms with Crippen molar-refractivity contribution >= 4 is 12.6 Å². The highest BCUT2D eigenvalue weighted by Crippen LogP contribution is 2.24. The van der Waals surface area contributed by atoms with E-state index in [1.54, 1.807) is 14.2 Å². The molecule has 0 N–H and O–H groups in total. The van der Waals surface area contributed by atoms with E-state index in [1.807, 2.05) is 18.2 Å². The largest absolute Gasteiger partial charge is 0.497 e. The molecule has 0 aliphatic carbocycles. The highest BCUT2D eigenvalue weighted by atomic mass is 32.1. The fraction of sp³-hybridized carbons (Fsp3) is 0.333. The van der Waals surface area contributed by atoms with Crippen molar-refractivity contribution in [3.8, 4) is 11.5 Å². The van der Waals surface area contributed by atoms with Crippen molar-refractivity contribution in [2.45, 2.75) is 5.75 Å². The molecule has 0 atom stereocenters. The number of thiol groups is 1. The third-order valence-electron chi connectivity index (χ3n) is 1.66. The second-order valence-corrected chi connectivity index (χ2v) is 2.65. The Kier molecular flexibility index (Phi) is 3.29. The second kappa shape index (κ2) is 4.26. The number of hydrogen-bond acceptors (Lipinski definition) is 3. The fourth-order valence-corrected chi connectivity index (χ4v) is 1.25. The molecule has 0 unspecified atom stereocenters. The third kappa shape index (κ3) is 1.85. The Morgan fingerprint density at radius 1 is 1.25 bits per heavy atom. The molecular weight excluding hydrogens is 172 g/mol. The van der Waals surface area contributed by atoms with Gasteiger partial charge in [-0.25, -0.2) is 0 Å². The van der Waals surface area contributed by atoms with Crippen LogP contribution in [0.4, 0.5) is 0 Å². The lowest BCUT2D eigenvalue weighted by Crippen LogP contribution is -1.90. The van der Waals surface area contributed by atoms with Gasteiger partial charge in [0.25, 0.3) is 0 Å².